The first kappa shape index (κ1) is 15.5. The van der Waals surface area contributed by atoms with E-state index in [4.69, 9.17) is 9.47 Å². The summed E-state index contributed by atoms with van der Waals surface area (Å²) in [5, 5.41) is 0. The van der Waals surface area contributed by atoms with Crippen molar-refractivity contribution in [1.82, 2.24) is 4.83 Å². The third kappa shape index (κ3) is 3.97. The maximum Gasteiger partial charge on any atom is 1.00 e. The Morgan fingerprint density at radius 1 is 1.22 bits per heavy atom. The van der Waals surface area contributed by atoms with Gasteiger partial charge in [0.05, 0.1) is 5.69 Å². The van der Waals surface area contributed by atoms with Crippen LogP contribution in [0.5, 0.6) is 11.5 Å². The molecule has 0 saturated heterocycles. The molecule has 0 atom stereocenters. The van der Waals surface area contributed by atoms with Crippen molar-refractivity contribution in [3.8, 4) is 11.5 Å². The smallest absolute Gasteiger partial charge is 0.734 e. The van der Waals surface area contributed by atoms with Gasteiger partial charge in [0.2, 0.25) is 0 Å². The van der Waals surface area contributed by atoms with E-state index in [1.807, 2.05) is 5.43 Å². The number of hydrogen-bond donors (Lipinski definition) is 2. The van der Waals surface area contributed by atoms with E-state index >= 15 is 0 Å². The molecule has 1 aromatic carbocycles. The zero-order valence-corrected chi connectivity index (χ0v) is 12.2. The van der Waals surface area contributed by atoms with Crippen LogP contribution >= 0.6 is 0 Å². The molecule has 0 unspecified atom stereocenters. The molecule has 0 amide bonds. The number of ether oxygens (including phenoxy) is 2. The summed E-state index contributed by atoms with van der Waals surface area (Å²) in [7, 11) is -4.71. The molecule has 1 aromatic rings. The Bertz CT molecular complexity index is 539. The Hall–Kier alpha value is -0.580. The van der Waals surface area contributed by atoms with Gasteiger partial charge in [0.15, 0.2) is 27.6 Å². The average molecular weight is 286 g/mol. The molecular formula is C8H8FN2NaO5S. The van der Waals surface area contributed by atoms with Gasteiger partial charge < -0.3 is 19.5 Å². The minimum atomic E-state index is -4.71. The second-order valence-electron chi connectivity index (χ2n) is 3.16. The van der Waals surface area contributed by atoms with Crippen LogP contribution in [0.1, 0.15) is 0 Å². The van der Waals surface area contributed by atoms with Gasteiger partial charge in [-0.15, -0.1) is 4.83 Å². The van der Waals surface area contributed by atoms with Crippen LogP contribution in [0.2, 0.25) is 0 Å². The molecule has 2 N–H and O–H groups in total. The monoisotopic (exact) mass is 286 g/mol. The van der Waals surface area contributed by atoms with E-state index in [1.165, 1.54) is 10.9 Å². The number of anilines is 1. The van der Waals surface area contributed by atoms with Gasteiger partial charge in [-0.25, -0.2) is 12.8 Å². The standard InChI is InChI=1S/C8H9FN2O5S.Na/c9-5-3-7-8(16-2-1-15-7)4-6(5)10-11-17(12,13)14;/h3-4,10-11H,1-2H2,(H,12,13,14);/q;+1/p-1. The Balaban J connectivity index is 0.00000162. The Morgan fingerprint density at radius 3 is 2.33 bits per heavy atom. The summed E-state index contributed by atoms with van der Waals surface area (Å²) in [4.78, 5) is 1.42. The molecule has 0 aliphatic carbocycles. The van der Waals surface area contributed by atoms with Crippen molar-refractivity contribution in [2.75, 3.05) is 18.6 Å². The van der Waals surface area contributed by atoms with E-state index in [9.17, 15) is 17.4 Å². The fourth-order valence-corrected chi connectivity index (χ4v) is 1.51. The zero-order valence-electron chi connectivity index (χ0n) is 9.40. The van der Waals surface area contributed by atoms with Gasteiger partial charge >= 0.3 is 29.6 Å². The van der Waals surface area contributed by atoms with Gasteiger partial charge in [-0.2, -0.15) is 0 Å². The van der Waals surface area contributed by atoms with E-state index in [0.29, 0.717) is 13.2 Å². The van der Waals surface area contributed by atoms with Crippen molar-refractivity contribution >= 4 is 16.0 Å². The minimum absolute atomic E-state index is 0. The fraction of sp³-hybridized carbons (Fsp3) is 0.250. The first-order chi connectivity index (χ1) is 7.96. The third-order valence-corrected chi connectivity index (χ3v) is 2.29. The Labute approximate surface area is 125 Å². The SMILES string of the molecule is O=S(=O)([O-])NNc1cc2c(cc1F)OCCO2.[Na+]. The van der Waals surface area contributed by atoms with Gasteiger partial charge in [-0.3, -0.25) is 0 Å². The molecule has 94 valence electrons. The summed E-state index contributed by atoms with van der Waals surface area (Å²) >= 11 is 0. The maximum atomic E-state index is 13.4. The number of rotatable bonds is 3. The molecule has 1 heterocycles. The van der Waals surface area contributed by atoms with E-state index in [1.54, 1.807) is 0 Å². The van der Waals surface area contributed by atoms with Crippen LogP contribution in [0.25, 0.3) is 0 Å². The molecule has 1 aliphatic rings. The average Bonchev–Trinajstić information content (AvgIpc) is 2.25. The second kappa shape index (κ2) is 6.04. The molecule has 0 fully saturated rings. The summed E-state index contributed by atoms with van der Waals surface area (Å²) in [6.45, 7) is 0.623. The minimum Gasteiger partial charge on any atom is -0.734 e. The topological polar surface area (TPSA) is 99.7 Å². The van der Waals surface area contributed by atoms with Crippen molar-refractivity contribution in [1.29, 1.82) is 0 Å². The Kier molecular flexibility index (Phi) is 5.20. The molecule has 0 bridgehead atoms. The predicted octanol–water partition coefficient (Wildman–Crippen LogP) is -3.02. The summed E-state index contributed by atoms with van der Waals surface area (Å²) in [6.07, 6.45) is 0. The summed E-state index contributed by atoms with van der Waals surface area (Å²) in [5.41, 5.74) is 1.71. The number of fused-ring (bicyclic) bond motifs is 1. The summed E-state index contributed by atoms with van der Waals surface area (Å²) < 4.78 is 54.6. The van der Waals surface area contributed by atoms with Crippen LogP contribution in [0, 0.1) is 5.82 Å². The first-order valence-electron chi connectivity index (χ1n) is 4.53. The van der Waals surface area contributed by atoms with Crippen molar-refractivity contribution in [3.63, 3.8) is 0 Å². The third-order valence-electron chi connectivity index (χ3n) is 1.94. The van der Waals surface area contributed by atoms with Crippen LogP contribution in [-0.2, 0) is 10.3 Å². The number of halogens is 1. The maximum absolute atomic E-state index is 13.4. The van der Waals surface area contributed by atoms with Crippen LogP contribution < -0.4 is 49.3 Å². The largest absolute Gasteiger partial charge is 1.00 e. The molecule has 0 saturated carbocycles. The summed E-state index contributed by atoms with van der Waals surface area (Å²) in [5.74, 6) is -0.278. The molecule has 18 heavy (non-hydrogen) atoms. The van der Waals surface area contributed by atoms with Crippen LogP contribution in [0.15, 0.2) is 12.1 Å². The number of hydrazine groups is 1. The molecule has 10 heteroatoms. The molecule has 0 spiro atoms. The molecule has 0 aromatic heterocycles. The van der Waals surface area contributed by atoms with Crippen LogP contribution in [0.3, 0.4) is 0 Å². The number of benzene rings is 1. The molecule has 2 rings (SSSR count). The van der Waals surface area contributed by atoms with Crippen molar-refractivity contribution in [2.24, 2.45) is 0 Å². The quantitative estimate of drug-likeness (QED) is 0.348. The van der Waals surface area contributed by atoms with E-state index in [2.05, 4.69) is 0 Å². The van der Waals surface area contributed by atoms with Gasteiger partial charge in [0.1, 0.15) is 13.2 Å². The van der Waals surface area contributed by atoms with Crippen LogP contribution in [0.4, 0.5) is 10.1 Å². The number of nitrogens with one attached hydrogen (secondary N) is 2. The van der Waals surface area contributed by atoms with E-state index in [-0.39, 0.29) is 46.7 Å². The predicted molar refractivity (Wildman–Crippen MR) is 53.8 cm³/mol. The van der Waals surface area contributed by atoms with E-state index in [0.717, 1.165) is 6.07 Å². The number of hydrogen-bond acceptors (Lipinski definition) is 6. The molecule has 1 aliphatic heterocycles. The molecule has 7 nitrogen and oxygen atoms in total. The van der Waals surface area contributed by atoms with Gasteiger partial charge in [0.25, 0.3) is 0 Å². The zero-order chi connectivity index (χ0) is 12.5. The van der Waals surface area contributed by atoms with Gasteiger partial charge in [-0.05, 0) is 0 Å². The van der Waals surface area contributed by atoms with Gasteiger partial charge in [0, 0.05) is 12.1 Å². The summed E-state index contributed by atoms with van der Waals surface area (Å²) in [6, 6.07) is 2.23. The second-order valence-corrected chi connectivity index (χ2v) is 4.27. The van der Waals surface area contributed by atoms with Crippen molar-refractivity contribution in [2.45, 2.75) is 0 Å². The fourth-order valence-electron chi connectivity index (χ4n) is 1.28. The van der Waals surface area contributed by atoms with Crippen molar-refractivity contribution in [3.05, 3.63) is 17.9 Å². The van der Waals surface area contributed by atoms with Crippen LogP contribution in [-0.4, -0.2) is 26.2 Å². The molecular weight excluding hydrogens is 278 g/mol. The van der Waals surface area contributed by atoms with E-state index < -0.39 is 16.1 Å². The Morgan fingerprint density at radius 2 is 1.78 bits per heavy atom. The molecule has 0 radical (unpaired) electrons. The van der Waals surface area contributed by atoms with Gasteiger partial charge in [-0.1, -0.05) is 0 Å². The normalized spacial score (nSPS) is 13.7. The first-order valence-corrected chi connectivity index (χ1v) is 5.94. The van der Waals surface area contributed by atoms with Crippen molar-refractivity contribution < 1.29 is 56.4 Å².